The van der Waals surface area contributed by atoms with E-state index in [0.717, 1.165) is 50.9 Å². The van der Waals surface area contributed by atoms with E-state index in [0.29, 0.717) is 32.7 Å². The highest BCUT2D eigenvalue weighted by Crippen LogP contribution is 2.15. The van der Waals surface area contributed by atoms with Gasteiger partial charge in [-0.1, -0.05) is 18.2 Å². The Balaban J connectivity index is 0.00000385. The van der Waals surface area contributed by atoms with Crippen LogP contribution in [0.15, 0.2) is 58.1 Å². The van der Waals surface area contributed by atoms with Gasteiger partial charge in [0.05, 0.1) is 6.26 Å². The second kappa shape index (κ2) is 15.5. The number of anilines is 1. The molecule has 1 aromatic carbocycles. The third kappa shape index (κ3) is 9.63. The van der Waals surface area contributed by atoms with Crippen LogP contribution in [0.1, 0.15) is 25.5 Å². The second-order valence-corrected chi connectivity index (χ2v) is 7.63. The Morgan fingerprint density at radius 2 is 1.88 bits per heavy atom. The smallest absolute Gasteiger partial charge is 0.224 e. The number of hydrogen-bond donors (Lipinski definition) is 2. The minimum absolute atomic E-state index is 0. The van der Waals surface area contributed by atoms with Crippen LogP contribution in [-0.2, 0) is 16.1 Å². The van der Waals surface area contributed by atoms with Crippen LogP contribution in [0.2, 0.25) is 0 Å². The molecule has 2 N–H and O–H groups in total. The number of nitrogens with zero attached hydrogens (tertiary/aromatic N) is 3. The minimum atomic E-state index is 0. The summed E-state index contributed by atoms with van der Waals surface area (Å²) in [6, 6.07) is 14.1. The van der Waals surface area contributed by atoms with E-state index in [1.807, 2.05) is 30.0 Å². The lowest BCUT2D eigenvalue weighted by molar-refractivity contribution is -0.131. The van der Waals surface area contributed by atoms with Crippen LogP contribution >= 0.6 is 24.0 Å². The molecule has 1 aliphatic rings. The van der Waals surface area contributed by atoms with Gasteiger partial charge < -0.3 is 29.6 Å². The Morgan fingerprint density at radius 3 is 2.58 bits per heavy atom. The number of furan rings is 1. The Bertz CT molecular complexity index is 809. The van der Waals surface area contributed by atoms with Gasteiger partial charge in [0.2, 0.25) is 5.91 Å². The van der Waals surface area contributed by atoms with Gasteiger partial charge in [-0.3, -0.25) is 9.79 Å². The summed E-state index contributed by atoms with van der Waals surface area (Å²) in [5, 5.41) is 6.49. The predicted octanol–water partition coefficient (Wildman–Crippen LogP) is 3.10. The molecule has 1 aromatic heterocycles. The van der Waals surface area contributed by atoms with E-state index in [2.05, 4.69) is 44.8 Å². The molecule has 182 valence electrons. The van der Waals surface area contributed by atoms with Crippen molar-refractivity contribution in [1.29, 1.82) is 0 Å². The summed E-state index contributed by atoms with van der Waals surface area (Å²) in [7, 11) is 0. The summed E-state index contributed by atoms with van der Waals surface area (Å²) >= 11 is 0. The van der Waals surface area contributed by atoms with E-state index < -0.39 is 0 Å². The van der Waals surface area contributed by atoms with Gasteiger partial charge in [-0.2, -0.15) is 0 Å². The van der Waals surface area contributed by atoms with E-state index in [4.69, 9.17) is 9.15 Å². The number of hydrogen-bond acceptors (Lipinski definition) is 5. The van der Waals surface area contributed by atoms with Crippen LogP contribution in [0.5, 0.6) is 0 Å². The molecule has 0 aliphatic carbocycles. The zero-order valence-corrected chi connectivity index (χ0v) is 21.7. The summed E-state index contributed by atoms with van der Waals surface area (Å²) in [5.41, 5.74) is 1.22. The fourth-order valence-electron chi connectivity index (χ4n) is 3.57. The number of guanidine groups is 1. The van der Waals surface area contributed by atoms with Crippen molar-refractivity contribution >= 4 is 41.5 Å². The monoisotopic (exact) mass is 569 g/mol. The summed E-state index contributed by atoms with van der Waals surface area (Å²) in [6.07, 6.45) is 2.93. The van der Waals surface area contributed by atoms with Gasteiger partial charge in [0.15, 0.2) is 5.96 Å². The summed E-state index contributed by atoms with van der Waals surface area (Å²) in [6.45, 7) is 8.40. The molecule has 0 radical (unpaired) electrons. The standard InChI is InChI=1S/C24H35N5O3.HI/c1-2-25-24(26-12-7-18-31-20-22-10-6-19-32-22)27-13-11-23(30)29-16-14-28(15-17-29)21-8-4-3-5-9-21;/h3-6,8-10,19H,2,7,11-18,20H2,1H3,(H2,25,26,27);1H. The molecular weight excluding hydrogens is 533 g/mol. The molecule has 3 rings (SSSR count). The molecule has 2 aromatic rings. The average molecular weight is 569 g/mol. The molecule has 0 atom stereocenters. The molecule has 1 fully saturated rings. The lowest BCUT2D eigenvalue weighted by atomic mass is 10.2. The van der Waals surface area contributed by atoms with Crippen LogP contribution in [0.3, 0.4) is 0 Å². The first-order valence-electron chi connectivity index (χ1n) is 11.5. The Hall–Kier alpha value is -2.27. The van der Waals surface area contributed by atoms with Crippen LogP contribution in [0, 0.1) is 0 Å². The molecule has 0 saturated carbocycles. The normalized spacial score (nSPS) is 14.0. The molecule has 0 spiro atoms. The fourth-order valence-corrected chi connectivity index (χ4v) is 3.57. The molecule has 33 heavy (non-hydrogen) atoms. The van der Waals surface area contributed by atoms with Crippen molar-refractivity contribution in [2.45, 2.75) is 26.4 Å². The SMILES string of the molecule is CCNC(=NCCCOCc1ccco1)NCCC(=O)N1CCN(c2ccccc2)CC1.I. The van der Waals surface area contributed by atoms with Crippen molar-refractivity contribution in [1.82, 2.24) is 15.5 Å². The number of benzene rings is 1. The highest BCUT2D eigenvalue weighted by atomic mass is 127. The number of aliphatic imine (C=N–C) groups is 1. The van der Waals surface area contributed by atoms with Gasteiger partial charge >= 0.3 is 0 Å². The Labute approximate surface area is 213 Å². The van der Waals surface area contributed by atoms with Crippen LogP contribution in [-0.4, -0.2) is 69.2 Å². The molecule has 0 bridgehead atoms. The third-order valence-electron chi connectivity index (χ3n) is 5.27. The van der Waals surface area contributed by atoms with E-state index in [1.165, 1.54) is 5.69 Å². The highest BCUT2D eigenvalue weighted by Gasteiger charge is 2.20. The van der Waals surface area contributed by atoms with E-state index in [9.17, 15) is 4.79 Å². The molecule has 0 unspecified atom stereocenters. The van der Waals surface area contributed by atoms with Gasteiger partial charge in [0, 0.05) is 64.5 Å². The summed E-state index contributed by atoms with van der Waals surface area (Å²) < 4.78 is 10.8. The number of halogens is 1. The minimum Gasteiger partial charge on any atom is -0.467 e. The fraction of sp³-hybridized carbons (Fsp3) is 0.500. The first-order valence-corrected chi connectivity index (χ1v) is 11.5. The van der Waals surface area contributed by atoms with Gasteiger partial charge in [-0.05, 0) is 37.6 Å². The quantitative estimate of drug-likeness (QED) is 0.188. The molecule has 1 amide bonds. The molecule has 1 saturated heterocycles. The summed E-state index contributed by atoms with van der Waals surface area (Å²) in [4.78, 5) is 21.4. The van der Waals surface area contributed by atoms with Crippen molar-refractivity contribution in [3.05, 3.63) is 54.5 Å². The number of piperazine rings is 1. The number of carbonyl (C=O) groups is 1. The zero-order valence-electron chi connectivity index (χ0n) is 19.4. The van der Waals surface area contributed by atoms with Crippen molar-refractivity contribution in [3.8, 4) is 0 Å². The topological polar surface area (TPSA) is 82.3 Å². The predicted molar refractivity (Wildman–Crippen MR) is 142 cm³/mol. The van der Waals surface area contributed by atoms with Crippen molar-refractivity contribution in [2.75, 3.05) is 57.3 Å². The van der Waals surface area contributed by atoms with Crippen LogP contribution in [0.25, 0.3) is 0 Å². The Morgan fingerprint density at radius 1 is 1.09 bits per heavy atom. The van der Waals surface area contributed by atoms with E-state index in [1.54, 1.807) is 6.26 Å². The van der Waals surface area contributed by atoms with E-state index >= 15 is 0 Å². The maximum absolute atomic E-state index is 12.6. The number of ether oxygens (including phenoxy) is 1. The third-order valence-corrected chi connectivity index (χ3v) is 5.27. The second-order valence-electron chi connectivity index (χ2n) is 7.63. The maximum Gasteiger partial charge on any atom is 0.224 e. The van der Waals surface area contributed by atoms with Crippen molar-refractivity contribution in [3.63, 3.8) is 0 Å². The first kappa shape index (κ1) is 27.0. The van der Waals surface area contributed by atoms with Gasteiger partial charge in [-0.15, -0.1) is 24.0 Å². The number of nitrogens with one attached hydrogen (secondary N) is 2. The number of amides is 1. The van der Waals surface area contributed by atoms with Crippen molar-refractivity contribution < 1.29 is 13.9 Å². The summed E-state index contributed by atoms with van der Waals surface area (Å²) in [5.74, 6) is 1.75. The molecule has 2 heterocycles. The average Bonchev–Trinajstić information content (AvgIpc) is 3.35. The van der Waals surface area contributed by atoms with Crippen LogP contribution in [0.4, 0.5) is 5.69 Å². The Kier molecular flexibility index (Phi) is 12.7. The number of rotatable bonds is 11. The molecule has 1 aliphatic heterocycles. The molecular formula is C24H36IN5O3. The van der Waals surface area contributed by atoms with Crippen molar-refractivity contribution in [2.24, 2.45) is 4.99 Å². The first-order chi connectivity index (χ1) is 15.8. The van der Waals surface area contributed by atoms with Gasteiger partial charge in [-0.25, -0.2) is 0 Å². The molecule has 8 nitrogen and oxygen atoms in total. The largest absolute Gasteiger partial charge is 0.467 e. The maximum atomic E-state index is 12.6. The number of para-hydroxylation sites is 1. The number of carbonyl (C=O) groups excluding carboxylic acids is 1. The highest BCUT2D eigenvalue weighted by molar-refractivity contribution is 14.0. The van der Waals surface area contributed by atoms with Crippen LogP contribution < -0.4 is 15.5 Å². The lowest BCUT2D eigenvalue weighted by Crippen LogP contribution is -2.49. The zero-order chi connectivity index (χ0) is 22.4. The van der Waals surface area contributed by atoms with E-state index in [-0.39, 0.29) is 29.9 Å². The van der Waals surface area contributed by atoms with Gasteiger partial charge in [0.25, 0.3) is 0 Å². The van der Waals surface area contributed by atoms with Gasteiger partial charge in [0.1, 0.15) is 12.4 Å². The molecule has 9 heteroatoms. The lowest BCUT2D eigenvalue weighted by Gasteiger charge is -2.36.